The topological polar surface area (TPSA) is 25.8 Å². The van der Waals surface area contributed by atoms with Crippen LogP contribution in [0.5, 0.6) is 0 Å². The number of fused-ring (bicyclic) bond motifs is 2. The first-order valence-corrected chi connectivity index (χ1v) is 21.4. The summed E-state index contributed by atoms with van der Waals surface area (Å²) in [5.41, 5.74) is 18.6. The molecule has 0 radical (unpaired) electrons. The van der Waals surface area contributed by atoms with Crippen LogP contribution < -0.4 is 0 Å². The summed E-state index contributed by atoms with van der Waals surface area (Å²) in [5.74, 6) is 1.13. The van der Waals surface area contributed by atoms with Gasteiger partial charge >= 0.3 is 317 Å². The van der Waals surface area contributed by atoms with Crippen molar-refractivity contribution >= 4 is 23.3 Å². The van der Waals surface area contributed by atoms with E-state index in [1.165, 1.54) is 66.8 Å². The Bertz CT molecular complexity index is 2060. The standard InChI is InChI=1S/2C24H22N.Zr/c2*1-3-17(2)18-10-12-19(13-11-18)22-8-6-7-20-15-21(16-23(20)22)24-9-4-5-14-25-24;/h2*4-17H,3H2,1-2H3;. The molecule has 8 rings (SSSR count). The Morgan fingerprint density at radius 2 is 0.941 bits per heavy atom. The fourth-order valence-electron chi connectivity index (χ4n) is 7.80. The molecule has 4 atom stereocenters. The number of nitrogens with zero attached hydrogens (tertiary/aromatic N) is 2. The molecule has 250 valence electrons. The van der Waals surface area contributed by atoms with Crippen molar-refractivity contribution in [2.45, 2.75) is 59.6 Å². The fraction of sp³-hybridized carbons (Fsp3) is 0.208. The van der Waals surface area contributed by atoms with E-state index >= 15 is 0 Å². The molecule has 2 heterocycles. The summed E-state index contributed by atoms with van der Waals surface area (Å²) in [6.45, 7) is 9.16. The quantitative estimate of drug-likeness (QED) is 0.140. The normalized spacial score (nSPS) is 17.3. The second kappa shape index (κ2) is 14.6. The van der Waals surface area contributed by atoms with Gasteiger partial charge in [0.1, 0.15) is 0 Å². The van der Waals surface area contributed by atoms with Crippen LogP contribution in [0.4, 0.5) is 0 Å². The third-order valence-corrected chi connectivity index (χ3v) is 15.9. The molecule has 0 fully saturated rings. The van der Waals surface area contributed by atoms with Gasteiger partial charge in [0, 0.05) is 0 Å². The molecular formula is C48H44N2Zr. The Morgan fingerprint density at radius 3 is 1.31 bits per heavy atom. The van der Waals surface area contributed by atoms with Crippen molar-refractivity contribution in [3.8, 4) is 22.3 Å². The molecule has 0 spiro atoms. The number of benzene rings is 4. The molecule has 2 aliphatic rings. The van der Waals surface area contributed by atoms with E-state index in [2.05, 4.69) is 149 Å². The third-order valence-electron chi connectivity index (χ3n) is 11.2. The van der Waals surface area contributed by atoms with Gasteiger partial charge in [0.2, 0.25) is 0 Å². The number of pyridine rings is 2. The first kappa shape index (κ1) is 33.7. The van der Waals surface area contributed by atoms with Crippen molar-refractivity contribution < 1.29 is 23.2 Å². The van der Waals surface area contributed by atoms with Gasteiger partial charge in [0.15, 0.2) is 0 Å². The second-order valence-electron chi connectivity index (χ2n) is 14.1. The molecule has 0 aliphatic heterocycles. The van der Waals surface area contributed by atoms with Crippen LogP contribution in [0.2, 0.25) is 0 Å². The van der Waals surface area contributed by atoms with Gasteiger partial charge in [-0.05, 0) is 0 Å². The first-order chi connectivity index (χ1) is 25.0. The molecule has 4 unspecified atom stereocenters. The Labute approximate surface area is 315 Å². The van der Waals surface area contributed by atoms with Crippen molar-refractivity contribution in [1.29, 1.82) is 0 Å². The van der Waals surface area contributed by atoms with Crippen LogP contribution >= 0.6 is 0 Å². The Kier molecular flexibility index (Phi) is 9.67. The van der Waals surface area contributed by atoms with E-state index in [-0.39, 0.29) is 0 Å². The number of allylic oxidation sites excluding steroid dienone is 2. The molecule has 0 amide bonds. The van der Waals surface area contributed by atoms with Gasteiger partial charge in [-0.3, -0.25) is 0 Å². The van der Waals surface area contributed by atoms with Crippen molar-refractivity contribution in [3.63, 3.8) is 0 Å². The van der Waals surface area contributed by atoms with Crippen LogP contribution in [0.15, 0.2) is 134 Å². The average molecular weight is 740 g/mol. The maximum atomic E-state index is 4.94. The summed E-state index contributed by atoms with van der Waals surface area (Å²) in [4.78, 5) is 9.89. The monoisotopic (exact) mass is 738 g/mol. The molecule has 2 nitrogen and oxygen atoms in total. The molecule has 2 aromatic heterocycles. The van der Waals surface area contributed by atoms with Crippen molar-refractivity contribution in [1.82, 2.24) is 9.97 Å². The summed E-state index contributed by atoms with van der Waals surface area (Å²) in [6.07, 6.45) is 11.1. The zero-order chi connectivity index (χ0) is 34.9. The second-order valence-corrected chi connectivity index (χ2v) is 17.8. The van der Waals surface area contributed by atoms with Crippen LogP contribution in [-0.2, 0) is 23.2 Å². The summed E-state index contributed by atoms with van der Waals surface area (Å²) >= 11 is -1.29. The van der Waals surface area contributed by atoms with E-state index in [0.29, 0.717) is 19.1 Å². The molecular weight excluding hydrogens is 696 g/mol. The van der Waals surface area contributed by atoms with E-state index < -0.39 is 23.2 Å². The number of hydrogen-bond acceptors (Lipinski definition) is 2. The SMILES string of the molecule is CCC(C)c1ccc(-c2cccc3c2C=C(c2ccccn2)[CH]3[Zr][CH]2C(c3ccccn3)=Cc3c(-c4ccc(C(C)CC)cc4)cccc32)cc1. The van der Waals surface area contributed by atoms with Crippen LogP contribution in [0.25, 0.3) is 45.6 Å². The van der Waals surface area contributed by atoms with Crippen molar-refractivity contribution in [2.24, 2.45) is 0 Å². The van der Waals surface area contributed by atoms with E-state index in [0.717, 1.165) is 24.2 Å². The molecule has 2 aliphatic carbocycles. The van der Waals surface area contributed by atoms with Gasteiger partial charge in [0.25, 0.3) is 0 Å². The van der Waals surface area contributed by atoms with E-state index in [9.17, 15) is 0 Å². The fourth-order valence-corrected chi connectivity index (χ4v) is 12.8. The van der Waals surface area contributed by atoms with Crippen molar-refractivity contribution in [3.05, 3.63) is 178 Å². The van der Waals surface area contributed by atoms with E-state index in [4.69, 9.17) is 9.97 Å². The van der Waals surface area contributed by atoms with Gasteiger partial charge in [-0.1, -0.05) is 0 Å². The minimum atomic E-state index is -1.29. The number of aromatic nitrogens is 2. The predicted octanol–water partition coefficient (Wildman–Crippen LogP) is 12.8. The molecule has 4 aromatic carbocycles. The summed E-state index contributed by atoms with van der Waals surface area (Å²) < 4.78 is 0.693. The third kappa shape index (κ3) is 6.47. The minimum absolute atomic E-state index is 0.347. The van der Waals surface area contributed by atoms with Gasteiger partial charge < -0.3 is 0 Å². The van der Waals surface area contributed by atoms with Crippen LogP contribution in [0.3, 0.4) is 0 Å². The Morgan fingerprint density at radius 1 is 0.510 bits per heavy atom. The van der Waals surface area contributed by atoms with Crippen LogP contribution in [0.1, 0.15) is 104 Å². The van der Waals surface area contributed by atoms with Gasteiger partial charge in [-0.25, -0.2) is 0 Å². The Hall–Kier alpha value is -4.46. The number of hydrogen-bond donors (Lipinski definition) is 0. The molecule has 0 bridgehead atoms. The zero-order valence-corrected chi connectivity index (χ0v) is 32.4. The van der Waals surface area contributed by atoms with Crippen LogP contribution in [-0.4, -0.2) is 9.97 Å². The van der Waals surface area contributed by atoms with Gasteiger partial charge in [-0.15, -0.1) is 0 Å². The molecule has 51 heavy (non-hydrogen) atoms. The van der Waals surface area contributed by atoms with E-state index in [1.807, 2.05) is 24.5 Å². The van der Waals surface area contributed by atoms with E-state index in [1.54, 1.807) is 0 Å². The molecule has 0 saturated carbocycles. The summed E-state index contributed by atoms with van der Waals surface area (Å²) in [6, 6.07) is 45.2. The molecule has 0 N–H and O–H groups in total. The predicted molar refractivity (Wildman–Crippen MR) is 211 cm³/mol. The van der Waals surface area contributed by atoms with Gasteiger partial charge in [-0.2, -0.15) is 0 Å². The summed E-state index contributed by atoms with van der Waals surface area (Å²) in [7, 11) is 0. The first-order valence-electron chi connectivity index (χ1n) is 18.5. The molecule has 3 heteroatoms. The average Bonchev–Trinajstić information content (AvgIpc) is 3.77. The maximum absolute atomic E-state index is 4.94. The van der Waals surface area contributed by atoms with Crippen LogP contribution in [0, 0.1) is 0 Å². The van der Waals surface area contributed by atoms with Gasteiger partial charge in [0.05, 0.1) is 0 Å². The molecule has 0 saturated heterocycles. The Balaban J connectivity index is 1.23. The summed E-state index contributed by atoms with van der Waals surface area (Å²) in [5, 5.41) is 0. The van der Waals surface area contributed by atoms with Crippen molar-refractivity contribution in [2.75, 3.05) is 0 Å². The number of rotatable bonds is 10. The zero-order valence-electron chi connectivity index (χ0n) is 30.0. The molecule has 6 aromatic rings.